The van der Waals surface area contributed by atoms with Crippen LogP contribution >= 0.6 is 0 Å². The van der Waals surface area contributed by atoms with Gasteiger partial charge >= 0.3 is 0 Å². The third-order valence-electron chi connectivity index (χ3n) is 3.77. The highest BCUT2D eigenvalue weighted by Gasteiger charge is 2.03. The Morgan fingerprint density at radius 3 is 1.91 bits per heavy atom. The van der Waals surface area contributed by atoms with Gasteiger partial charge in [-0.05, 0) is 42.0 Å². The van der Waals surface area contributed by atoms with Crippen LogP contribution in [0.3, 0.4) is 0 Å². The molecule has 3 aromatic rings. The van der Waals surface area contributed by atoms with Gasteiger partial charge in [0.2, 0.25) is 0 Å². The molecule has 0 radical (unpaired) electrons. The monoisotopic (exact) mass is 303 g/mol. The van der Waals surface area contributed by atoms with Crippen molar-refractivity contribution in [3.63, 3.8) is 0 Å². The molecular weight excluding hydrogens is 282 g/mol. The Labute approximate surface area is 137 Å². The molecule has 3 nitrogen and oxygen atoms in total. The molecule has 0 unspecified atom stereocenters. The molecule has 0 spiro atoms. The molecule has 0 aromatic heterocycles. The number of nitrogens with one attached hydrogen (secondary N) is 2. The molecule has 0 bridgehead atoms. The molecule has 0 aliphatic carbocycles. The van der Waals surface area contributed by atoms with Crippen molar-refractivity contribution in [3.8, 4) is 0 Å². The second-order valence-corrected chi connectivity index (χ2v) is 5.41. The van der Waals surface area contributed by atoms with Crippen molar-refractivity contribution in [2.24, 2.45) is 0 Å². The summed E-state index contributed by atoms with van der Waals surface area (Å²) < 4.78 is 0. The Balaban J connectivity index is 1.57. The summed E-state index contributed by atoms with van der Waals surface area (Å²) in [6.45, 7) is 0.768. The Morgan fingerprint density at radius 2 is 1.26 bits per heavy atom. The number of hydrazine groups is 1. The van der Waals surface area contributed by atoms with E-state index in [2.05, 4.69) is 71.3 Å². The van der Waals surface area contributed by atoms with Gasteiger partial charge in [0.05, 0.1) is 0 Å². The van der Waals surface area contributed by atoms with Gasteiger partial charge in [-0.1, -0.05) is 48.5 Å². The average Bonchev–Trinajstić information content (AvgIpc) is 2.63. The van der Waals surface area contributed by atoms with E-state index in [-0.39, 0.29) is 0 Å². The van der Waals surface area contributed by atoms with Crippen molar-refractivity contribution in [1.82, 2.24) is 5.43 Å². The molecule has 116 valence electrons. The van der Waals surface area contributed by atoms with Gasteiger partial charge in [0.1, 0.15) is 0 Å². The highest BCUT2D eigenvalue weighted by Crippen LogP contribution is 2.23. The smallest absolute Gasteiger partial charge is 0.0487 e. The van der Waals surface area contributed by atoms with E-state index in [1.807, 2.05) is 36.4 Å². The molecular formula is C20H21N3. The molecule has 0 aliphatic rings. The van der Waals surface area contributed by atoms with E-state index in [9.17, 15) is 0 Å². The SMILES string of the molecule is CN(c1ccccc1)c1ccc(CNNc2ccccc2)cc1. The van der Waals surface area contributed by atoms with Gasteiger partial charge in [0, 0.05) is 30.7 Å². The van der Waals surface area contributed by atoms with E-state index in [0.29, 0.717) is 0 Å². The van der Waals surface area contributed by atoms with Gasteiger partial charge < -0.3 is 10.3 Å². The molecule has 3 heteroatoms. The highest BCUT2D eigenvalue weighted by molar-refractivity contribution is 5.62. The minimum atomic E-state index is 0.768. The zero-order chi connectivity index (χ0) is 15.9. The van der Waals surface area contributed by atoms with Gasteiger partial charge in [-0.25, -0.2) is 5.43 Å². The van der Waals surface area contributed by atoms with Gasteiger partial charge in [-0.15, -0.1) is 0 Å². The molecule has 2 N–H and O–H groups in total. The Kier molecular flexibility index (Phi) is 4.92. The van der Waals surface area contributed by atoms with Crippen LogP contribution in [-0.4, -0.2) is 7.05 Å². The van der Waals surface area contributed by atoms with Crippen LogP contribution in [0.15, 0.2) is 84.9 Å². The van der Waals surface area contributed by atoms with Crippen LogP contribution in [0, 0.1) is 0 Å². The lowest BCUT2D eigenvalue weighted by molar-refractivity contribution is 0.801. The zero-order valence-corrected chi connectivity index (χ0v) is 13.2. The zero-order valence-electron chi connectivity index (χ0n) is 13.2. The van der Waals surface area contributed by atoms with Crippen LogP contribution in [0.5, 0.6) is 0 Å². The lowest BCUT2D eigenvalue weighted by Gasteiger charge is -2.19. The van der Waals surface area contributed by atoms with E-state index in [4.69, 9.17) is 0 Å². The summed E-state index contributed by atoms with van der Waals surface area (Å²) in [5.74, 6) is 0. The van der Waals surface area contributed by atoms with Crippen molar-refractivity contribution in [2.45, 2.75) is 6.54 Å². The molecule has 0 atom stereocenters. The van der Waals surface area contributed by atoms with Crippen LogP contribution < -0.4 is 15.8 Å². The Bertz CT molecular complexity index is 709. The van der Waals surface area contributed by atoms with Crippen LogP contribution in [0.2, 0.25) is 0 Å². The first-order valence-electron chi connectivity index (χ1n) is 7.74. The topological polar surface area (TPSA) is 27.3 Å². The number of hydrogen-bond donors (Lipinski definition) is 2. The molecule has 0 amide bonds. The largest absolute Gasteiger partial charge is 0.345 e. The van der Waals surface area contributed by atoms with E-state index >= 15 is 0 Å². The number of benzene rings is 3. The molecule has 0 saturated heterocycles. The number of nitrogens with zero attached hydrogens (tertiary/aromatic N) is 1. The predicted octanol–water partition coefficient (Wildman–Crippen LogP) is 4.57. The van der Waals surface area contributed by atoms with E-state index < -0.39 is 0 Å². The van der Waals surface area contributed by atoms with E-state index in [1.165, 1.54) is 16.9 Å². The predicted molar refractivity (Wildman–Crippen MR) is 97.9 cm³/mol. The summed E-state index contributed by atoms with van der Waals surface area (Å²) in [4.78, 5) is 2.18. The summed E-state index contributed by atoms with van der Waals surface area (Å²) in [6, 6.07) is 29.0. The summed E-state index contributed by atoms with van der Waals surface area (Å²) in [5, 5.41) is 0. The van der Waals surface area contributed by atoms with Crippen molar-refractivity contribution in [1.29, 1.82) is 0 Å². The highest BCUT2D eigenvalue weighted by atomic mass is 15.3. The number of anilines is 3. The fourth-order valence-electron chi connectivity index (χ4n) is 2.41. The maximum Gasteiger partial charge on any atom is 0.0487 e. The maximum atomic E-state index is 3.23. The molecule has 0 saturated carbocycles. The van der Waals surface area contributed by atoms with Gasteiger partial charge in [0.15, 0.2) is 0 Å². The fourth-order valence-corrected chi connectivity index (χ4v) is 2.41. The van der Waals surface area contributed by atoms with Crippen molar-refractivity contribution in [3.05, 3.63) is 90.5 Å². The summed E-state index contributed by atoms with van der Waals surface area (Å²) in [7, 11) is 2.08. The molecule has 0 heterocycles. The Morgan fingerprint density at radius 1 is 0.696 bits per heavy atom. The molecule has 3 rings (SSSR count). The maximum absolute atomic E-state index is 3.23. The summed E-state index contributed by atoms with van der Waals surface area (Å²) >= 11 is 0. The molecule has 23 heavy (non-hydrogen) atoms. The van der Waals surface area contributed by atoms with Crippen molar-refractivity contribution < 1.29 is 0 Å². The average molecular weight is 303 g/mol. The lowest BCUT2D eigenvalue weighted by Crippen LogP contribution is -2.20. The number of rotatable bonds is 6. The van der Waals surface area contributed by atoms with Gasteiger partial charge in [0.25, 0.3) is 0 Å². The second kappa shape index (κ2) is 7.47. The van der Waals surface area contributed by atoms with Crippen LogP contribution in [0.25, 0.3) is 0 Å². The molecule has 0 fully saturated rings. The van der Waals surface area contributed by atoms with Crippen LogP contribution in [-0.2, 0) is 6.54 Å². The quantitative estimate of drug-likeness (QED) is 0.653. The normalized spacial score (nSPS) is 10.3. The van der Waals surface area contributed by atoms with Gasteiger partial charge in [-0.2, -0.15) is 0 Å². The fraction of sp³-hybridized carbons (Fsp3) is 0.100. The number of hydrogen-bond acceptors (Lipinski definition) is 3. The van der Waals surface area contributed by atoms with E-state index in [1.54, 1.807) is 0 Å². The second-order valence-electron chi connectivity index (χ2n) is 5.41. The first-order chi connectivity index (χ1) is 11.3. The minimum Gasteiger partial charge on any atom is -0.345 e. The third kappa shape index (κ3) is 4.11. The number of para-hydroxylation sites is 2. The van der Waals surface area contributed by atoms with Crippen LogP contribution in [0.1, 0.15) is 5.56 Å². The standard InChI is InChI=1S/C20H21N3/c1-23(19-10-6-3-7-11-19)20-14-12-17(13-15-20)16-21-22-18-8-4-2-5-9-18/h2-15,21-22H,16H2,1H3. The third-order valence-corrected chi connectivity index (χ3v) is 3.77. The van der Waals surface area contributed by atoms with Crippen molar-refractivity contribution >= 4 is 17.1 Å². The summed E-state index contributed by atoms with van der Waals surface area (Å²) in [6.07, 6.45) is 0. The lowest BCUT2D eigenvalue weighted by atomic mass is 10.2. The molecule has 3 aromatic carbocycles. The van der Waals surface area contributed by atoms with Crippen molar-refractivity contribution in [2.75, 3.05) is 17.4 Å². The first-order valence-corrected chi connectivity index (χ1v) is 7.74. The minimum absolute atomic E-state index is 0.768. The van der Waals surface area contributed by atoms with Crippen LogP contribution in [0.4, 0.5) is 17.1 Å². The first kappa shape index (κ1) is 15.1. The van der Waals surface area contributed by atoms with Gasteiger partial charge in [-0.3, -0.25) is 0 Å². The van der Waals surface area contributed by atoms with E-state index in [0.717, 1.165) is 12.2 Å². The Hall–Kier alpha value is -2.78. The molecule has 0 aliphatic heterocycles. The summed E-state index contributed by atoms with van der Waals surface area (Å²) in [5.41, 5.74) is 11.1.